The number of carbonyl (C=O) groups is 2. The molecule has 2 fully saturated rings. The van der Waals surface area contributed by atoms with Gasteiger partial charge in [0.25, 0.3) is 5.91 Å². The molecule has 5 nitrogen and oxygen atoms in total. The van der Waals surface area contributed by atoms with Crippen LogP contribution in [0.5, 0.6) is 0 Å². The molecule has 0 radical (unpaired) electrons. The molecule has 130 valence electrons. The van der Waals surface area contributed by atoms with Gasteiger partial charge in [-0.25, -0.2) is 4.39 Å². The second-order valence-electron chi connectivity index (χ2n) is 6.78. The Hall–Kier alpha value is -1.95. The summed E-state index contributed by atoms with van der Waals surface area (Å²) < 4.78 is 14.0. The zero-order chi connectivity index (χ0) is 17.2. The van der Waals surface area contributed by atoms with Crippen LogP contribution in [0.4, 0.5) is 10.1 Å². The minimum Gasteiger partial charge on any atom is -0.388 e. The third-order valence-corrected chi connectivity index (χ3v) is 4.94. The van der Waals surface area contributed by atoms with Gasteiger partial charge in [-0.15, -0.1) is 0 Å². The van der Waals surface area contributed by atoms with Crippen LogP contribution in [0, 0.1) is 5.82 Å². The fourth-order valence-electron chi connectivity index (χ4n) is 3.50. The maximum absolute atomic E-state index is 14.0. The Balaban J connectivity index is 1.70. The van der Waals surface area contributed by atoms with Gasteiger partial charge in [0.1, 0.15) is 5.82 Å². The Morgan fingerprint density at radius 1 is 1.25 bits per heavy atom. The van der Waals surface area contributed by atoms with Crippen molar-refractivity contribution in [2.24, 2.45) is 0 Å². The molecule has 3 rings (SSSR count). The first-order valence-corrected chi connectivity index (χ1v) is 8.59. The lowest BCUT2D eigenvalue weighted by atomic mass is 9.85. The number of benzene rings is 1. The van der Waals surface area contributed by atoms with Crippen LogP contribution in [0.3, 0.4) is 0 Å². The summed E-state index contributed by atoms with van der Waals surface area (Å²) in [6.45, 7) is 0.712. The Labute approximate surface area is 140 Å². The van der Waals surface area contributed by atoms with E-state index in [0.717, 1.165) is 25.7 Å². The molecule has 1 heterocycles. The molecule has 1 aromatic rings. The van der Waals surface area contributed by atoms with Crippen molar-refractivity contribution in [2.75, 3.05) is 18.0 Å². The van der Waals surface area contributed by atoms with Gasteiger partial charge in [0, 0.05) is 25.2 Å². The first-order valence-electron chi connectivity index (χ1n) is 8.59. The van der Waals surface area contributed by atoms with Gasteiger partial charge < -0.3 is 15.3 Å². The average molecular weight is 334 g/mol. The van der Waals surface area contributed by atoms with Gasteiger partial charge in [0.15, 0.2) is 0 Å². The SMILES string of the molecule is O=C(NCC1(O)CCCCC1)c1cc(N2CCCC2=O)ccc1F. The van der Waals surface area contributed by atoms with E-state index < -0.39 is 17.3 Å². The van der Waals surface area contributed by atoms with Gasteiger partial charge in [-0.3, -0.25) is 9.59 Å². The number of rotatable bonds is 4. The fourth-order valence-corrected chi connectivity index (χ4v) is 3.50. The van der Waals surface area contributed by atoms with Crippen LogP contribution in [0.1, 0.15) is 55.3 Å². The van der Waals surface area contributed by atoms with E-state index in [0.29, 0.717) is 31.5 Å². The van der Waals surface area contributed by atoms with E-state index in [4.69, 9.17) is 0 Å². The van der Waals surface area contributed by atoms with Crippen molar-refractivity contribution in [3.63, 3.8) is 0 Å². The zero-order valence-electron chi connectivity index (χ0n) is 13.7. The van der Waals surface area contributed by atoms with Crippen LogP contribution in [-0.4, -0.2) is 35.6 Å². The van der Waals surface area contributed by atoms with Crippen molar-refractivity contribution in [1.82, 2.24) is 5.32 Å². The molecule has 2 aliphatic rings. The lowest BCUT2D eigenvalue weighted by molar-refractivity contribution is -0.117. The smallest absolute Gasteiger partial charge is 0.254 e. The summed E-state index contributed by atoms with van der Waals surface area (Å²) in [6, 6.07) is 4.15. The standard InChI is InChI=1S/C18H23FN2O3/c19-15-7-6-13(21-10-4-5-16(21)22)11-14(15)17(23)20-12-18(24)8-2-1-3-9-18/h6-7,11,24H,1-5,8-10,12H2,(H,20,23). The largest absolute Gasteiger partial charge is 0.388 e. The highest BCUT2D eigenvalue weighted by Gasteiger charge is 2.30. The summed E-state index contributed by atoms with van der Waals surface area (Å²) >= 11 is 0. The Kier molecular flexibility index (Phi) is 4.85. The zero-order valence-corrected chi connectivity index (χ0v) is 13.7. The first-order chi connectivity index (χ1) is 11.5. The number of carbonyl (C=O) groups excluding carboxylic acids is 2. The highest BCUT2D eigenvalue weighted by atomic mass is 19.1. The molecule has 2 N–H and O–H groups in total. The molecule has 1 aliphatic heterocycles. The molecule has 0 aromatic heterocycles. The molecule has 0 unspecified atom stereocenters. The third kappa shape index (κ3) is 3.59. The van der Waals surface area contributed by atoms with E-state index in [1.54, 1.807) is 4.90 Å². The average Bonchev–Trinajstić information content (AvgIpc) is 3.00. The fraction of sp³-hybridized carbons (Fsp3) is 0.556. The predicted molar refractivity (Wildman–Crippen MR) is 88.4 cm³/mol. The van der Waals surface area contributed by atoms with Crippen molar-refractivity contribution < 1.29 is 19.1 Å². The van der Waals surface area contributed by atoms with Crippen LogP contribution < -0.4 is 10.2 Å². The molecule has 2 amide bonds. The Morgan fingerprint density at radius 2 is 2.00 bits per heavy atom. The maximum Gasteiger partial charge on any atom is 0.254 e. The van der Waals surface area contributed by atoms with Gasteiger partial charge in [-0.1, -0.05) is 19.3 Å². The van der Waals surface area contributed by atoms with Crippen molar-refractivity contribution in [2.45, 2.75) is 50.5 Å². The van der Waals surface area contributed by atoms with Crippen molar-refractivity contribution in [3.8, 4) is 0 Å². The van der Waals surface area contributed by atoms with E-state index in [9.17, 15) is 19.1 Å². The van der Waals surface area contributed by atoms with Crippen LogP contribution in [0.15, 0.2) is 18.2 Å². The summed E-state index contributed by atoms with van der Waals surface area (Å²) in [4.78, 5) is 25.7. The molecule has 0 spiro atoms. The molecular formula is C18H23FN2O3. The van der Waals surface area contributed by atoms with Crippen LogP contribution in [0.2, 0.25) is 0 Å². The molecule has 1 saturated carbocycles. The number of halogens is 1. The van der Waals surface area contributed by atoms with Gasteiger partial charge >= 0.3 is 0 Å². The summed E-state index contributed by atoms with van der Waals surface area (Å²) in [5, 5.41) is 13.1. The Morgan fingerprint density at radius 3 is 2.67 bits per heavy atom. The molecule has 1 aromatic carbocycles. The number of nitrogens with one attached hydrogen (secondary N) is 1. The van der Waals surface area contributed by atoms with Crippen molar-refractivity contribution in [3.05, 3.63) is 29.6 Å². The minimum atomic E-state index is -0.896. The molecule has 1 aliphatic carbocycles. The lowest BCUT2D eigenvalue weighted by Gasteiger charge is -2.32. The van der Waals surface area contributed by atoms with Gasteiger partial charge in [-0.2, -0.15) is 0 Å². The number of nitrogens with zero attached hydrogens (tertiary/aromatic N) is 1. The van der Waals surface area contributed by atoms with Gasteiger partial charge in [-0.05, 0) is 37.5 Å². The topological polar surface area (TPSA) is 69.6 Å². The summed E-state index contributed by atoms with van der Waals surface area (Å²) in [6.07, 6.45) is 5.52. The maximum atomic E-state index is 14.0. The number of hydrogen-bond donors (Lipinski definition) is 2. The van der Waals surface area contributed by atoms with Gasteiger partial charge in [0.05, 0.1) is 11.2 Å². The van der Waals surface area contributed by atoms with E-state index in [1.807, 2.05) is 0 Å². The molecule has 24 heavy (non-hydrogen) atoms. The first kappa shape index (κ1) is 16.9. The third-order valence-electron chi connectivity index (χ3n) is 4.94. The summed E-state index contributed by atoms with van der Waals surface area (Å²) in [5.41, 5.74) is -0.445. The van der Waals surface area contributed by atoms with Crippen LogP contribution >= 0.6 is 0 Å². The predicted octanol–water partition coefficient (Wildman–Crippen LogP) is 2.38. The van der Waals surface area contributed by atoms with E-state index in [1.165, 1.54) is 18.2 Å². The summed E-state index contributed by atoms with van der Waals surface area (Å²) in [5.74, 6) is -1.19. The van der Waals surface area contributed by atoms with Crippen LogP contribution in [0.25, 0.3) is 0 Å². The minimum absolute atomic E-state index is 0.00974. The molecule has 6 heteroatoms. The summed E-state index contributed by atoms with van der Waals surface area (Å²) in [7, 11) is 0. The van der Waals surface area contributed by atoms with E-state index in [-0.39, 0.29) is 18.0 Å². The molecule has 0 bridgehead atoms. The monoisotopic (exact) mass is 334 g/mol. The quantitative estimate of drug-likeness (QED) is 0.888. The number of hydrogen-bond acceptors (Lipinski definition) is 3. The lowest BCUT2D eigenvalue weighted by Crippen LogP contribution is -2.44. The molecule has 0 atom stereocenters. The van der Waals surface area contributed by atoms with Crippen molar-refractivity contribution >= 4 is 17.5 Å². The van der Waals surface area contributed by atoms with Crippen molar-refractivity contribution in [1.29, 1.82) is 0 Å². The van der Waals surface area contributed by atoms with E-state index in [2.05, 4.69) is 5.32 Å². The molecule has 1 saturated heterocycles. The van der Waals surface area contributed by atoms with Crippen LogP contribution in [-0.2, 0) is 4.79 Å². The normalized spacial score (nSPS) is 20.2. The Bertz CT molecular complexity index is 641. The van der Waals surface area contributed by atoms with Gasteiger partial charge in [0.2, 0.25) is 5.91 Å². The number of amides is 2. The van der Waals surface area contributed by atoms with E-state index >= 15 is 0 Å². The number of anilines is 1. The highest BCUT2D eigenvalue weighted by Crippen LogP contribution is 2.28. The second kappa shape index (κ2) is 6.89. The molecular weight excluding hydrogens is 311 g/mol. The number of aliphatic hydroxyl groups is 1. The second-order valence-corrected chi connectivity index (χ2v) is 6.78. The highest BCUT2D eigenvalue weighted by molar-refractivity contribution is 5.99.